The van der Waals surface area contributed by atoms with Gasteiger partial charge in [-0.05, 0) is 0 Å². The average Bonchev–Trinajstić information content (AvgIpc) is 2.43. The number of aromatic nitrogens is 4. The van der Waals surface area contributed by atoms with Crippen LogP contribution in [0.15, 0.2) is 0 Å². The third-order valence-electron chi connectivity index (χ3n) is 2.44. The van der Waals surface area contributed by atoms with Crippen molar-refractivity contribution in [3.63, 3.8) is 0 Å². The summed E-state index contributed by atoms with van der Waals surface area (Å²) in [5, 5.41) is 5.24. The van der Waals surface area contributed by atoms with Gasteiger partial charge in [0.25, 0.3) is 0 Å². The van der Waals surface area contributed by atoms with E-state index < -0.39 is 0 Å². The van der Waals surface area contributed by atoms with E-state index in [1.807, 2.05) is 7.05 Å². The topological polar surface area (TPSA) is 95.6 Å². The highest BCUT2D eigenvalue weighted by atomic mass is 15.3. The van der Waals surface area contributed by atoms with Crippen molar-refractivity contribution in [3.05, 3.63) is 5.69 Å². The van der Waals surface area contributed by atoms with Gasteiger partial charge in [0.2, 0.25) is 5.95 Å². The molecule has 0 aliphatic rings. The van der Waals surface area contributed by atoms with E-state index in [0.717, 1.165) is 11.1 Å². The first-order valence-electron chi connectivity index (χ1n) is 5.07. The zero-order valence-corrected chi connectivity index (χ0v) is 9.94. The highest BCUT2D eigenvalue weighted by molar-refractivity contribution is 5.90. The summed E-state index contributed by atoms with van der Waals surface area (Å²) in [5.41, 5.74) is 12.9. The first kappa shape index (κ1) is 10.7. The molecule has 0 atom stereocenters. The van der Waals surface area contributed by atoms with E-state index in [0.29, 0.717) is 11.5 Å². The molecule has 0 saturated carbocycles. The molecule has 2 aromatic rings. The van der Waals surface area contributed by atoms with Crippen molar-refractivity contribution in [2.75, 3.05) is 11.5 Å². The average molecular weight is 220 g/mol. The molecule has 6 heteroatoms. The Kier molecular flexibility index (Phi) is 2.04. The van der Waals surface area contributed by atoms with Gasteiger partial charge in [-0.25, -0.2) is 4.68 Å². The maximum atomic E-state index is 5.88. The predicted molar refractivity (Wildman–Crippen MR) is 63.8 cm³/mol. The molecule has 16 heavy (non-hydrogen) atoms. The molecule has 6 nitrogen and oxygen atoms in total. The van der Waals surface area contributed by atoms with Gasteiger partial charge in [-0.1, -0.05) is 20.8 Å². The van der Waals surface area contributed by atoms with Crippen molar-refractivity contribution >= 4 is 22.8 Å². The molecule has 86 valence electrons. The quantitative estimate of drug-likeness (QED) is 0.685. The van der Waals surface area contributed by atoms with Gasteiger partial charge in [-0.15, -0.1) is 0 Å². The van der Waals surface area contributed by atoms with E-state index in [-0.39, 0.29) is 11.4 Å². The van der Waals surface area contributed by atoms with Crippen LogP contribution in [0.1, 0.15) is 26.5 Å². The van der Waals surface area contributed by atoms with Gasteiger partial charge in [0.1, 0.15) is 5.82 Å². The van der Waals surface area contributed by atoms with E-state index in [4.69, 9.17) is 11.5 Å². The zero-order chi connectivity index (χ0) is 12.1. The number of nitrogens with two attached hydrogens (primary N) is 2. The van der Waals surface area contributed by atoms with Crippen molar-refractivity contribution in [1.82, 2.24) is 19.7 Å². The van der Waals surface area contributed by atoms with E-state index in [1.54, 1.807) is 4.68 Å². The number of hydrogen-bond acceptors (Lipinski definition) is 5. The Hall–Kier alpha value is -1.85. The number of nitrogens with zero attached hydrogens (tertiary/aromatic N) is 4. The normalized spacial score (nSPS) is 12.2. The fourth-order valence-corrected chi connectivity index (χ4v) is 1.72. The summed E-state index contributed by atoms with van der Waals surface area (Å²) in [7, 11) is 1.82. The molecule has 0 aliphatic carbocycles. The molecule has 0 fully saturated rings. The van der Waals surface area contributed by atoms with Crippen molar-refractivity contribution in [2.24, 2.45) is 7.05 Å². The highest BCUT2D eigenvalue weighted by Gasteiger charge is 2.24. The highest BCUT2D eigenvalue weighted by Crippen LogP contribution is 2.31. The molecule has 0 spiro atoms. The van der Waals surface area contributed by atoms with Crippen LogP contribution < -0.4 is 11.5 Å². The van der Waals surface area contributed by atoms with Gasteiger partial charge in [-0.3, -0.25) is 0 Å². The number of fused-ring (bicyclic) bond motifs is 1. The molecule has 0 amide bonds. The minimum Gasteiger partial charge on any atom is -0.383 e. The third-order valence-corrected chi connectivity index (χ3v) is 2.44. The van der Waals surface area contributed by atoms with Gasteiger partial charge in [0.15, 0.2) is 5.65 Å². The smallest absolute Gasteiger partial charge is 0.224 e. The number of hydrogen-bond donors (Lipinski definition) is 2. The fourth-order valence-electron chi connectivity index (χ4n) is 1.72. The van der Waals surface area contributed by atoms with E-state index in [1.165, 1.54) is 0 Å². The van der Waals surface area contributed by atoms with Crippen LogP contribution in [0, 0.1) is 0 Å². The van der Waals surface area contributed by atoms with Crippen LogP contribution >= 0.6 is 0 Å². The Morgan fingerprint density at radius 3 is 2.31 bits per heavy atom. The molecule has 0 saturated heterocycles. The molecule has 0 radical (unpaired) electrons. The summed E-state index contributed by atoms with van der Waals surface area (Å²) < 4.78 is 1.68. The van der Waals surface area contributed by atoms with Crippen LogP contribution in [-0.4, -0.2) is 19.7 Å². The molecule has 0 bridgehead atoms. The minimum absolute atomic E-state index is 0.104. The zero-order valence-electron chi connectivity index (χ0n) is 9.94. The van der Waals surface area contributed by atoms with Crippen molar-refractivity contribution in [3.8, 4) is 0 Å². The summed E-state index contributed by atoms with van der Waals surface area (Å²) in [6.07, 6.45) is 0. The van der Waals surface area contributed by atoms with Crippen molar-refractivity contribution in [1.29, 1.82) is 0 Å². The van der Waals surface area contributed by atoms with E-state index in [2.05, 4.69) is 35.8 Å². The number of rotatable bonds is 0. The van der Waals surface area contributed by atoms with Crippen LogP contribution in [0.2, 0.25) is 0 Å². The summed E-state index contributed by atoms with van der Waals surface area (Å²) >= 11 is 0. The Balaban J connectivity index is 2.89. The molecule has 4 N–H and O–H groups in total. The standard InChI is InChI=1S/C10H16N6/c1-10(2,3)6-5-7(11)13-9(12)14-8(5)16(4)15-6/h1-4H3,(H4,11,12,13,14). The van der Waals surface area contributed by atoms with Gasteiger partial charge < -0.3 is 11.5 Å². The monoisotopic (exact) mass is 220 g/mol. The molecular formula is C10H16N6. The third kappa shape index (κ3) is 1.46. The Bertz CT molecular complexity index is 548. The summed E-state index contributed by atoms with van der Waals surface area (Å²) in [6.45, 7) is 6.22. The second-order valence-electron chi connectivity index (χ2n) is 4.89. The van der Waals surface area contributed by atoms with Crippen LogP contribution in [0.25, 0.3) is 11.0 Å². The summed E-state index contributed by atoms with van der Waals surface area (Å²) in [5.74, 6) is 0.564. The Morgan fingerprint density at radius 2 is 1.75 bits per heavy atom. The van der Waals surface area contributed by atoms with Gasteiger partial charge in [0.05, 0.1) is 11.1 Å². The van der Waals surface area contributed by atoms with Gasteiger partial charge >= 0.3 is 0 Å². The summed E-state index contributed by atoms with van der Waals surface area (Å²) in [6, 6.07) is 0. The maximum Gasteiger partial charge on any atom is 0.224 e. The number of anilines is 2. The molecule has 0 aliphatic heterocycles. The second kappa shape index (κ2) is 3.07. The first-order chi connectivity index (χ1) is 7.30. The predicted octanol–water partition coefficient (Wildman–Crippen LogP) is 0.825. The number of aryl methyl sites for hydroxylation is 1. The lowest BCUT2D eigenvalue weighted by atomic mass is 9.90. The Morgan fingerprint density at radius 1 is 1.12 bits per heavy atom. The fraction of sp³-hybridized carbons (Fsp3) is 0.500. The first-order valence-corrected chi connectivity index (χ1v) is 5.07. The van der Waals surface area contributed by atoms with E-state index >= 15 is 0 Å². The van der Waals surface area contributed by atoms with Gasteiger partial charge in [-0.2, -0.15) is 15.1 Å². The Labute approximate surface area is 93.7 Å². The second-order valence-corrected chi connectivity index (χ2v) is 4.89. The van der Waals surface area contributed by atoms with Crippen LogP contribution in [0.3, 0.4) is 0 Å². The maximum absolute atomic E-state index is 5.88. The van der Waals surface area contributed by atoms with Gasteiger partial charge in [0, 0.05) is 12.5 Å². The molecular weight excluding hydrogens is 204 g/mol. The molecule has 2 rings (SSSR count). The largest absolute Gasteiger partial charge is 0.383 e. The molecule has 2 heterocycles. The van der Waals surface area contributed by atoms with Crippen molar-refractivity contribution in [2.45, 2.75) is 26.2 Å². The molecule has 0 unspecified atom stereocenters. The van der Waals surface area contributed by atoms with Crippen LogP contribution in [0.5, 0.6) is 0 Å². The molecule has 2 aromatic heterocycles. The van der Waals surface area contributed by atoms with E-state index in [9.17, 15) is 0 Å². The van der Waals surface area contributed by atoms with Crippen molar-refractivity contribution < 1.29 is 0 Å². The summed E-state index contributed by atoms with van der Waals surface area (Å²) in [4.78, 5) is 8.14. The lowest BCUT2D eigenvalue weighted by Gasteiger charge is -2.15. The lowest BCUT2D eigenvalue weighted by Crippen LogP contribution is -2.13. The van der Waals surface area contributed by atoms with Crippen LogP contribution in [-0.2, 0) is 12.5 Å². The van der Waals surface area contributed by atoms with Crippen LogP contribution in [0.4, 0.5) is 11.8 Å². The lowest BCUT2D eigenvalue weighted by molar-refractivity contribution is 0.558. The minimum atomic E-state index is -0.104. The molecule has 0 aromatic carbocycles. The SMILES string of the molecule is Cn1nc(C(C)(C)C)c2c(N)nc(N)nc21. The number of nitrogen functional groups attached to an aromatic ring is 2.